The van der Waals surface area contributed by atoms with Crippen molar-refractivity contribution in [2.75, 3.05) is 31.1 Å². The zero-order valence-electron chi connectivity index (χ0n) is 12.5. The summed E-state index contributed by atoms with van der Waals surface area (Å²) in [6.45, 7) is 9.64. The van der Waals surface area contributed by atoms with Gasteiger partial charge >= 0.3 is 0 Å². The highest BCUT2D eigenvalue weighted by Crippen LogP contribution is 2.25. The van der Waals surface area contributed by atoms with E-state index in [0.717, 1.165) is 31.2 Å². The number of amides is 1. The number of carbonyl (C=O) groups excluding carboxylic acids is 1. The van der Waals surface area contributed by atoms with Crippen LogP contribution in [0.2, 0.25) is 5.02 Å². The molecule has 0 aromatic heterocycles. The molecular weight excluding hydrogens is 272 g/mol. The van der Waals surface area contributed by atoms with E-state index in [1.54, 1.807) is 0 Å². The van der Waals surface area contributed by atoms with E-state index in [-0.39, 0.29) is 5.91 Å². The van der Waals surface area contributed by atoms with Crippen LogP contribution in [0.1, 0.15) is 25.8 Å². The maximum Gasteiger partial charge on any atom is 0.222 e. The minimum atomic E-state index is 0.280. The van der Waals surface area contributed by atoms with Gasteiger partial charge in [0.2, 0.25) is 5.91 Å². The third-order valence-corrected chi connectivity index (χ3v) is 3.96. The smallest absolute Gasteiger partial charge is 0.222 e. The number of nitrogens with zero attached hydrogens (tertiary/aromatic N) is 2. The van der Waals surface area contributed by atoms with Crippen molar-refractivity contribution >= 4 is 23.2 Å². The topological polar surface area (TPSA) is 23.6 Å². The summed E-state index contributed by atoms with van der Waals surface area (Å²) in [6, 6.07) is 5.99. The highest BCUT2D eigenvalue weighted by atomic mass is 35.5. The number of piperazine rings is 1. The van der Waals surface area contributed by atoms with Crippen LogP contribution in [0, 0.1) is 12.8 Å². The number of aryl methyl sites for hydroxylation is 1. The number of benzene rings is 1. The second kappa shape index (κ2) is 6.49. The second-order valence-electron chi connectivity index (χ2n) is 5.90. The second-order valence-corrected chi connectivity index (χ2v) is 6.33. The molecule has 0 aliphatic carbocycles. The van der Waals surface area contributed by atoms with E-state index in [0.29, 0.717) is 12.3 Å². The van der Waals surface area contributed by atoms with E-state index in [1.807, 2.05) is 23.1 Å². The van der Waals surface area contributed by atoms with Crippen LogP contribution in [-0.4, -0.2) is 37.0 Å². The van der Waals surface area contributed by atoms with Crippen LogP contribution >= 0.6 is 11.6 Å². The lowest BCUT2D eigenvalue weighted by atomic mass is 10.1. The summed E-state index contributed by atoms with van der Waals surface area (Å²) in [5.41, 5.74) is 2.42. The quantitative estimate of drug-likeness (QED) is 0.853. The van der Waals surface area contributed by atoms with E-state index in [4.69, 9.17) is 11.6 Å². The first-order valence-corrected chi connectivity index (χ1v) is 7.64. The molecule has 1 amide bonds. The maximum absolute atomic E-state index is 12.1. The van der Waals surface area contributed by atoms with Gasteiger partial charge in [0.1, 0.15) is 0 Å². The van der Waals surface area contributed by atoms with Crippen LogP contribution in [0.4, 0.5) is 5.69 Å². The van der Waals surface area contributed by atoms with Crippen molar-refractivity contribution in [3.8, 4) is 0 Å². The number of hydrogen-bond acceptors (Lipinski definition) is 2. The van der Waals surface area contributed by atoms with Crippen molar-refractivity contribution in [3.63, 3.8) is 0 Å². The zero-order chi connectivity index (χ0) is 14.7. The molecule has 20 heavy (non-hydrogen) atoms. The predicted octanol–water partition coefficient (Wildman–Crippen LogP) is 3.34. The van der Waals surface area contributed by atoms with Gasteiger partial charge in [-0.05, 0) is 30.5 Å². The lowest BCUT2D eigenvalue weighted by molar-refractivity contribution is -0.132. The number of halogens is 1. The zero-order valence-corrected chi connectivity index (χ0v) is 13.3. The summed E-state index contributed by atoms with van der Waals surface area (Å²) in [7, 11) is 0. The summed E-state index contributed by atoms with van der Waals surface area (Å²) in [4.78, 5) is 16.4. The highest BCUT2D eigenvalue weighted by molar-refractivity contribution is 6.30. The fourth-order valence-corrected chi connectivity index (χ4v) is 2.76. The first-order valence-electron chi connectivity index (χ1n) is 7.26. The van der Waals surface area contributed by atoms with Gasteiger partial charge in [-0.15, -0.1) is 0 Å². The van der Waals surface area contributed by atoms with Crippen LogP contribution in [-0.2, 0) is 4.79 Å². The Morgan fingerprint density at radius 1 is 1.25 bits per heavy atom. The van der Waals surface area contributed by atoms with Crippen LogP contribution in [0.15, 0.2) is 18.2 Å². The third kappa shape index (κ3) is 3.66. The number of carbonyl (C=O) groups is 1. The summed E-state index contributed by atoms with van der Waals surface area (Å²) < 4.78 is 0. The molecule has 1 aromatic carbocycles. The molecule has 110 valence electrons. The Hall–Kier alpha value is -1.22. The van der Waals surface area contributed by atoms with Crippen molar-refractivity contribution in [1.82, 2.24) is 4.90 Å². The lowest BCUT2D eigenvalue weighted by Gasteiger charge is -2.37. The molecule has 1 heterocycles. The molecule has 0 N–H and O–H groups in total. The Kier molecular flexibility index (Phi) is 4.92. The number of rotatable bonds is 3. The van der Waals surface area contributed by atoms with E-state index < -0.39 is 0 Å². The van der Waals surface area contributed by atoms with Gasteiger partial charge in [-0.2, -0.15) is 0 Å². The van der Waals surface area contributed by atoms with Gasteiger partial charge < -0.3 is 9.80 Å². The highest BCUT2D eigenvalue weighted by Gasteiger charge is 2.22. The van der Waals surface area contributed by atoms with Gasteiger partial charge in [0.15, 0.2) is 0 Å². The van der Waals surface area contributed by atoms with E-state index >= 15 is 0 Å². The Morgan fingerprint density at radius 2 is 1.90 bits per heavy atom. The lowest BCUT2D eigenvalue weighted by Crippen LogP contribution is -2.49. The fraction of sp³-hybridized carbons (Fsp3) is 0.562. The largest absolute Gasteiger partial charge is 0.368 e. The van der Waals surface area contributed by atoms with Gasteiger partial charge in [-0.3, -0.25) is 4.79 Å². The van der Waals surface area contributed by atoms with Crippen molar-refractivity contribution in [2.45, 2.75) is 27.2 Å². The summed E-state index contributed by atoms with van der Waals surface area (Å²) in [5, 5.41) is 0.768. The Bertz CT molecular complexity index is 479. The van der Waals surface area contributed by atoms with Crippen LogP contribution in [0.3, 0.4) is 0 Å². The number of hydrogen-bond donors (Lipinski definition) is 0. The Morgan fingerprint density at radius 3 is 2.50 bits per heavy atom. The first-order chi connectivity index (χ1) is 9.47. The molecule has 0 radical (unpaired) electrons. The van der Waals surface area contributed by atoms with Gasteiger partial charge in [-0.1, -0.05) is 31.5 Å². The first kappa shape index (κ1) is 15.2. The average Bonchev–Trinajstić information content (AvgIpc) is 2.41. The standard InChI is InChI=1S/C16H23ClN2O/c1-12(2)10-16(20)19-8-6-18(7-9-19)15-11-14(17)5-4-13(15)3/h4-5,11-12H,6-10H2,1-3H3. The molecule has 0 atom stereocenters. The van der Waals surface area contributed by atoms with Gasteiger partial charge in [0.25, 0.3) is 0 Å². The minimum absolute atomic E-state index is 0.280. The molecular formula is C16H23ClN2O. The SMILES string of the molecule is Cc1ccc(Cl)cc1N1CCN(C(=O)CC(C)C)CC1. The molecule has 1 fully saturated rings. The van der Waals surface area contributed by atoms with E-state index in [9.17, 15) is 4.79 Å². The molecule has 2 rings (SSSR count). The normalized spacial score (nSPS) is 15.8. The Labute approximate surface area is 126 Å². The Balaban J connectivity index is 1.97. The molecule has 1 aliphatic rings. The molecule has 0 spiro atoms. The summed E-state index contributed by atoms with van der Waals surface area (Å²) in [5.74, 6) is 0.707. The average molecular weight is 295 g/mol. The molecule has 0 saturated carbocycles. The van der Waals surface area contributed by atoms with E-state index in [2.05, 4.69) is 25.7 Å². The van der Waals surface area contributed by atoms with Crippen LogP contribution < -0.4 is 4.90 Å². The van der Waals surface area contributed by atoms with Gasteiger partial charge in [0.05, 0.1) is 0 Å². The summed E-state index contributed by atoms with van der Waals surface area (Å²) in [6.07, 6.45) is 0.649. The molecule has 0 bridgehead atoms. The summed E-state index contributed by atoms with van der Waals surface area (Å²) >= 11 is 6.08. The van der Waals surface area contributed by atoms with Gasteiger partial charge in [-0.25, -0.2) is 0 Å². The van der Waals surface area contributed by atoms with Crippen molar-refractivity contribution in [2.24, 2.45) is 5.92 Å². The van der Waals surface area contributed by atoms with Crippen molar-refractivity contribution in [1.29, 1.82) is 0 Å². The number of anilines is 1. The van der Waals surface area contributed by atoms with Crippen LogP contribution in [0.5, 0.6) is 0 Å². The monoisotopic (exact) mass is 294 g/mol. The fourth-order valence-electron chi connectivity index (χ4n) is 2.60. The van der Waals surface area contributed by atoms with Crippen molar-refractivity contribution in [3.05, 3.63) is 28.8 Å². The minimum Gasteiger partial charge on any atom is -0.368 e. The predicted molar refractivity (Wildman–Crippen MR) is 84.4 cm³/mol. The van der Waals surface area contributed by atoms with Gasteiger partial charge in [0, 0.05) is 43.3 Å². The molecule has 1 aliphatic heterocycles. The van der Waals surface area contributed by atoms with E-state index in [1.165, 1.54) is 11.3 Å². The van der Waals surface area contributed by atoms with Crippen LogP contribution in [0.25, 0.3) is 0 Å². The molecule has 3 nitrogen and oxygen atoms in total. The molecule has 0 unspecified atom stereocenters. The molecule has 1 aromatic rings. The molecule has 4 heteroatoms. The van der Waals surface area contributed by atoms with Crippen molar-refractivity contribution < 1.29 is 4.79 Å². The maximum atomic E-state index is 12.1. The molecule has 1 saturated heterocycles. The third-order valence-electron chi connectivity index (χ3n) is 3.73.